The maximum absolute atomic E-state index is 11.8. The lowest BCUT2D eigenvalue weighted by Gasteiger charge is -2.30. The van der Waals surface area contributed by atoms with Gasteiger partial charge in [0.15, 0.2) is 0 Å². The van der Waals surface area contributed by atoms with Crippen molar-refractivity contribution in [2.45, 2.75) is 38.7 Å². The molecule has 0 aliphatic rings. The molecule has 11 heteroatoms. The number of nitrogens with zero attached hydrogens (tertiary/aromatic N) is 1. The van der Waals surface area contributed by atoms with Crippen LogP contribution in [0, 0.1) is 0 Å². The Hall–Kier alpha value is -0.870. The Morgan fingerprint density at radius 3 is 2.54 bits per heavy atom. The monoisotopic (exact) mass is 382 g/mol. The highest BCUT2D eigenvalue weighted by atomic mass is 32.5. The summed E-state index contributed by atoms with van der Waals surface area (Å²) in [4.78, 5) is 35.0. The van der Waals surface area contributed by atoms with E-state index in [1.165, 1.54) is 31.0 Å². The van der Waals surface area contributed by atoms with Gasteiger partial charge in [-0.15, -0.1) is 0 Å². The average molecular weight is 382 g/mol. The summed E-state index contributed by atoms with van der Waals surface area (Å²) in [5.41, 5.74) is -1.07. The number of hydrogen-bond donors (Lipinski definition) is 2. The fraction of sp³-hybridized carbons (Fsp3) is 0.692. The molecule has 1 rings (SSSR count). The molecular weight excluding hydrogens is 359 g/mol. The summed E-state index contributed by atoms with van der Waals surface area (Å²) >= 11 is 4.86. The summed E-state index contributed by atoms with van der Waals surface area (Å²) in [6.07, 6.45) is -0.0345. The molecule has 1 aromatic heterocycles. The molecule has 4 atom stereocenters. The molecule has 0 bridgehead atoms. The van der Waals surface area contributed by atoms with Crippen LogP contribution in [0.1, 0.15) is 26.5 Å². The van der Waals surface area contributed by atoms with Crippen molar-refractivity contribution in [3.05, 3.63) is 33.1 Å². The Morgan fingerprint density at radius 1 is 1.38 bits per heavy atom. The molecule has 9 nitrogen and oxygen atoms in total. The SMILES string of the molecule is CC[C@H](OC(C)n1ccc(=O)[nH]c1=O)C(COC)OP(O)(=S)OC. The lowest BCUT2D eigenvalue weighted by molar-refractivity contribution is -0.110. The predicted octanol–water partition coefficient (Wildman–Crippen LogP) is 0.745. The largest absolute Gasteiger partial charge is 0.382 e. The third-order valence-electron chi connectivity index (χ3n) is 3.26. The highest BCUT2D eigenvalue weighted by Gasteiger charge is 2.29. The van der Waals surface area contributed by atoms with Crippen molar-refractivity contribution in [2.75, 3.05) is 20.8 Å². The van der Waals surface area contributed by atoms with Crippen molar-refractivity contribution < 1.29 is 23.4 Å². The first-order valence-electron chi connectivity index (χ1n) is 7.26. The number of aromatic amines is 1. The van der Waals surface area contributed by atoms with E-state index in [0.29, 0.717) is 6.42 Å². The van der Waals surface area contributed by atoms with Crippen LogP contribution in [0.4, 0.5) is 0 Å². The van der Waals surface area contributed by atoms with Gasteiger partial charge in [0, 0.05) is 26.5 Å². The summed E-state index contributed by atoms with van der Waals surface area (Å²) in [5, 5.41) is 0. The van der Waals surface area contributed by atoms with Crippen LogP contribution in [-0.2, 0) is 30.3 Å². The van der Waals surface area contributed by atoms with E-state index < -0.39 is 36.4 Å². The Kier molecular flexibility index (Phi) is 8.44. The Morgan fingerprint density at radius 2 is 2.04 bits per heavy atom. The number of nitrogens with one attached hydrogen (secondary N) is 1. The number of hydrogen-bond acceptors (Lipinski definition) is 7. The first kappa shape index (κ1) is 21.2. The number of aromatic nitrogens is 2. The van der Waals surface area contributed by atoms with Crippen LogP contribution in [0.3, 0.4) is 0 Å². The highest BCUT2D eigenvalue weighted by Crippen LogP contribution is 2.45. The minimum absolute atomic E-state index is 0.119. The van der Waals surface area contributed by atoms with Gasteiger partial charge in [-0.25, -0.2) is 4.79 Å². The zero-order chi connectivity index (χ0) is 18.3. The van der Waals surface area contributed by atoms with Crippen molar-refractivity contribution in [3.63, 3.8) is 0 Å². The second-order valence-electron chi connectivity index (χ2n) is 4.95. The third-order valence-corrected chi connectivity index (χ3v) is 4.97. The van der Waals surface area contributed by atoms with E-state index in [1.807, 2.05) is 6.92 Å². The standard InChI is InChI=1S/C13H23N2O7PS/c1-5-10(11(8-19-3)22-23(18,24)20-4)21-9(2)15-7-6-12(16)14-13(15)17/h6-7,9-11H,5,8H2,1-4H3,(H,18,24)(H,14,16,17)/t9?,10-,11?,23?/m0/s1. The lowest BCUT2D eigenvalue weighted by Crippen LogP contribution is -2.38. The first-order chi connectivity index (χ1) is 11.2. The molecule has 0 saturated carbocycles. The molecule has 24 heavy (non-hydrogen) atoms. The van der Waals surface area contributed by atoms with Crippen molar-refractivity contribution in [1.29, 1.82) is 0 Å². The molecule has 0 aliphatic heterocycles. The van der Waals surface area contributed by atoms with Crippen molar-refractivity contribution >= 4 is 18.5 Å². The normalized spacial score (nSPS) is 17.9. The molecular formula is C13H23N2O7PS. The van der Waals surface area contributed by atoms with Gasteiger partial charge in [0.05, 0.1) is 12.7 Å². The van der Waals surface area contributed by atoms with E-state index in [-0.39, 0.29) is 6.61 Å². The first-order valence-corrected chi connectivity index (χ1v) is 9.86. The zero-order valence-corrected chi connectivity index (χ0v) is 15.7. The average Bonchev–Trinajstić information content (AvgIpc) is 2.51. The number of methoxy groups -OCH3 is 1. The molecule has 0 aromatic carbocycles. The van der Waals surface area contributed by atoms with E-state index in [4.69, 9.17) is 30.3 Å². The number of H-pyrrole nitrogens is 1. The van der Waals surface area contributed by atoms with Crippen LogP contribution in [0.2, 0.25) is 0 Å². The minimum atomic E-state index is -3.40. The molecule has 3 unspecified atom stereocenters. The van der Waals surface area contributed by atoms with E-state index in [2.05, 4.69) is 4.98 Å². The second kappa shape index (κ2) is 9.57. The zero-order valence-electron chi connectivity index (χ0n) is 14.0. The number of rotatable bonds is 10. The Bertz CT molecular complexity index is 677. The topological polar surface area (TPSA) is 112 Å². The molecule has 0 radical (unpaired) electrons. The molecule has 1 aromatic rings. The van der Waals surface area contributed by atoms with Crippen molar-refractivity contribution in [1.82, 2.24) is 9.55 Å². The van der Waals surface area contributed by atoms with Crippen molar-refractivity contribution in [3.8, 4) is 0 Å². The maximum atomic E-state index is 11.8. The van der Waals surface area contributed by atoms with Crippen LogP contribution in [0.5, 0.6) is 0 Å². The van der Waals surface area contributed by atoms with Gasteiger partial charge in [-0.3, -0.25) is 14.3 Å². The van der Waals surface area contributed by atoms with Gasteiger partial charge in [-0.05, 0) is 25.2 Å². The van der Waals surface area contributed by atoms with Gasteiger partial charge in [0.2, 0.25) is 0 Å². The van der Waals surface area contributed by atoms with Crippen molar-refractivity contribution in [2.24, 2.45) is 0 Å². The highest BCUT2D eigenvalue weighted by molar-refractivity contribution is 8.07. The van der Waals surface area contributed by atoms with E-state index in [1.54, 1.807) is 6.92 Å². The van der Waals surface area contributed by atoms with Gasteiger partial charge in [0.25, 0.3) is 5.56 Å². The summed E-state index contributed by atoms with van der Waals surface area (Å²) in [7, 11) is 2.74. The van der Waals surface area contributed by atoms with Crippen LogP contribution in [0.25, 0.3) is 0 Å². The molecule has 0 fully saturated rings. The van der Waals surface area contributed by atoms with E-state index in [9.17, 15) is 14.5 Å². The van der Waals surface area contributed by atoms with Crippen LogP contribution >= 0.6 is 6.72 Å². The quantitative estimate of drug-likeness (QED) is 0.570. The lowest BCUT2D eigenvalue weighted by atomic mass is 10.1. The predicted molar refractivity (Wildman–Crippen MR) is 91.5 cm³/mol. The second-order valence-corrected chi connectivity index (χ2v) is 7.85. The maximum Gasteiger partial charge on any atom is 0.330 e. The van der Waals surface area contributed by atoms with Crippen LogP contribution in [-0.4, -0.2) is 47.5 Å². The fourth-order valence-electron chi connectivity index (χ4n) is 2.06. The molecule has 138 valence electrons. The number of ether oxygens (including phenoxy) is 2. The summed E-state index contributed by atoms with van der Waals surface area (Å²) < 4.78 is 22.4. The summed E-state index contributed by atoms with van der Waals surface area (Å²) in [6, 6.07) is 1.23. The fourth-order valence-corrected chi connectivity index (χ4v) is 3.02. The minimum Gasteiger partial charge on any atom is -0.382 e. The van der Waals surface area contributed by atoms with E-state index >= 15 is 0 Å². The van der Waals surface area contributed by atoms with E-state index in [0.717, 1.165) is 0 Å². The third kappa shape index (κ3) is 6.21. The van der Waals surface area contributed by atoms with Gasteiger partial charge < -0.3 is 23.4 Å². The van der Waals surface area contributed by atoms with Crippen LogP contribution < -0.4 is 11.2 Å². The summed E-state index contributed by atoms with van der Waals surface area (Å²) in [6.45, 7) is 0.223. The molecule has 0 saturated heterocycles. The van der Waals surface area contributed by atoms with Gasteiger partial charge in [0.1, 0.15) is 12.3 Å². The smallest absolute Gasteiger partial charge is 0.330 e. The molecule has 0 aliphatic carbocycles. The van der Waals surface area contributed by atoms with Crippen LogP contribution in [0.15, 0.2) is 21.9 Å². The van der Waals surface area contributed by atoms with Gasteiger partial charge in [-0.1, -0.05) is 6.92 Å². The van der Waals surface area contributed by atoms with Gasteiger partial charge in [-0.2, -0.15) is 0 Å². The molecule has 0 spiro atoms. The Labute approximate surface area is 144 Å². The molecule has 1 heterocycles. The molecule has 2 N–H and O–H groups in total. The Balaban J connectivity index is 2.94. The summed E-state index contributed by atoms with van der Waals surface area (Å²) in [5.74, 6) is 0. The van der Waals surface area contributed by atoms with Gasteiger partial charge >= 0.3 is 12.4 Å². The molecule has 0 amide bonds.